The first-order valence-corrected chi connectivity index (χ1v) is 4.63. The number of allylic oxidation sites excluding steroid dienone is 2. The average Bonchev–Trinajstić information content (AvgIpc) is 2.35. The Balaban J connectivity index is 2.45. The van der Waals surface area contributed by atoms with E-state index in [2.05, 4.69) is 31.7 Å². The molecular formula is C10H19N. The van der Waals surface area contributed by atoms with Crippen LogP contribution in [0.3, 0.4) is 0 Å². The molecule has 1 aliphatic heterocycles. The standard InChI is InChI=1S/C10H19N/c1-9(2)8-10(3)11-6-4-5-7-11/h8-9H,4-7H2,1-3H3. The minimum Gasteiger partial charge on any atom is -0.375 e. The Morgan fingerprint density at radius 3 is 2.27 bits per heavy atom. The molecule has 1 heteroatoms. The topological polar surface area (TPSA) is 3.24 Å². The molecule has 1 nitrogen and oxygen atoms in total. The minimum atomic E-state index is 0.690. The molecule has 0 saturated carbocycles. The van der Waals surface area contributed by atoms with Gasteiger partial charge in [0.05, 0.1) is 0 Å². The van der Waals surface area contributed by atoms with Crippen molar-refractivity contribution in [1.82, 2.24) is 4.90 Å². The maximum Gasteiger partial charge on any atom is 0.0175 e. The second kappa shape index (κ2) is 3.80. The highest BCUT2D eigenvalue weighted by Gasteiger charge is 2.10. The highest BCUT2D eigenvalue weighted by Crippen LogP contribution is 2.15. The molecule has 0 spiro atoms. The summed E-state index contributed by atoms with van der Waals surface area (Å²) in [7, 11) is 0. The van der Waals surface area contributed by atoms with Gasteiger partial charge in [0.15, 0.2) is 0 Å². The van der Waals surface area contributed by atoms with Crippen LogP contribution < -0.4 is 0 Å². The zero-order valence-corrected chi connectivity index (χ0v) is 7.93. The van der Waals surface area contributed by atoms with E-state index < -0.39 is 0 Å². The summed E-state index contributed by atoms with van der Waals surface area (Å²) in [5, 5.41) is 0. The molecule has 0 aliphatic carbocycles. The fraction of sp³-hybridized carbons (Fsp3) is 0.800. The van der Waals surface area contributed by atoms with Crippen LogP contribution in [-0.2, 0) is 0 Å². The van der Waals surface area contributed by atoms with Crippen LogP contribution in [0.25, 0.3) is 0 Å². The summed E-state index contributed by atoms with van der Waals surface area (Å²) >= 11 is 0. The molecule has 0 bridgehead atoms. The van der Waals surface area contributed by atoms with Gasteiger partial charge in [0.25, 0.3) is 0 Å². The zero-order valence-electron chi connectivity index (χ0n) is 7.93. The summed E-state index contributed by atoms with van der Waals surface area (Å²) in [6.45, 7) is 9.24. The molecule has 0 radical (unpaired) electrons. The number of rotatable bonds is 2. The number of hydrogen-bond donors (Lipinski definition) is 0. The summed E-state index contributed by atoms with van der Waals surface area (Å²) in [4.78, 5) is 2.49. The van der Waals surface area contributed by atoms with Crippen LogP contribution in [0.4, 0.5) is 0 Å². The first-order valence-electron chi connectivity index (χ1n) is 4.63. The van der Waals surface area contributed by atoms with E-state index in [4.69, 9.17) is 0 Å². The van der Waals surface area contributed by atoms with Crippen molar-refractivity contribution in [3.63, 3.8) is 0 Å². The van der Waals surface area contributed by atoms with Crippen LogP contribution in [0.15, 0.2) is 11.8 Å². The van der Waals surface area contributed by atoms with Crippen molar-refractivity contribution >= 4 is 0 Å². The van der Waals surface area contributed by atoms with E-state index in [0.717, 1.165) is 0 Å². The van der Waals surface area contributed by atoms with Crippen molar-refractivity contribution in [2.24, 2.45) is 5.92 Å². The lowest BCUT2D eigenvalue weighted by molar-refractivity contribution is 0.423. The van der Waals surface area contributed by atoms with Gasteiger partial charge in [-0.15, -0.1) is 0 Å². The van der Waals surface area contributed by atoms with Gasteiger partial charge < -0.3 is 4.90 Å². The molecule has 0 atom stereocenters. The van der Waals surface area contributed by atoms with Gasteiger partial charge in [-0.25, -0.2) is 0 Å². The lowest BCUT2D eigenvalue weighted by atomic mass is 10.2. The molecule has 0 aromatic heterocycles. The quantitative estimate of drug-likeness (QED) is 0.589. The molecular weight excluding hydrogens is 134 g/mol. The summed E-state index contributed by atoms with van der Waals surface area (Å²) in [5.74, 6) is 0.690. The molecule has 0 aromatic rings. The van der Waals surface area contributed by atoms with Crippen molar-refractivity contribution in [1.29, 1.82) is 0 Å². The molecule has 1 rings (SSSR count). The van der Waals surface area contributed by atoms with E-state index in [9.17, 15) is 0 Å². The SMILES string of the molecule is CC(=CC(C)C)N1CCCC1. The summed E-state index contributed by atoms with van der Waals surface area (Å²) in [6.07, 6.45) is 5.11. The second-order valence-corrected chi connectivity index (χ2v) is 3.75. The van der Waals surface area contributed by atoms with Gasteiger partial charge in [-0.05, 0) is 25.7 Å². The molecule has 1 aliphatic rings. The van der Waals surface area contributed by atoms with E-state index in [1.54, 1.807) is 0 Å². The van der Waals surface area contributed by atoms with Crippen molar-refractivity contribution in [2.75, 3.05) is 13.1 Å². The number of likely N-dealkylation sites (tertiary alicyclic amines) is 1. The van der Waals surface area contributed by atoms with Crippen LogP contribution in [0.2, 0.25) is 0 Å². The largest absolute Gasteiger partial charge is 0.375 e. The van der Waals surface area contributed by atoms with Crippen molar-refractivity contribution in [3.8, 4) is 0 Å². The first-order chi connectivity index (χ1) is 5.20. The molecule has 64 valence electrons. The fourth-order valence-corrected chi connectivity index (χ4v) is 1.66. The van der Waals surface area contributed by atoms with Crippen molar-refractivity contribution < 1.29 is 0 Å². The Kier molecular flexibility index (Phi) is 2.98. The smallest absolute Gasteiger partial charge is 0.0175 e. The third kappa shape index (κ3) is 2.57. The molecule has 0 amide bonds. The first kappa shape index (κ1) is 8.63. The van der Waals surface area contributed by atoms with Gasteiger partial charge in [0, 0.05) is 18.8 Å². The van der Waals surface area contributed by atoms with Crippen LogP contribution >= 0.6 is 0 Å². The molecule has 0 N–H and O–H groups in total. The van der Waals surface area contributed by atoms with Gasteiger partial charge in [0.1, 0.15) is 0 Å². The normalized spacial score (nSPS) is 20.0. The maximum atomic E-state index is 2.49. The second-order valence-electron chi connectivity index (χ2n) is 3.75. The Morgan fingerprint density at radius 1 is 1.27 bits per heavy atom. The third-order valence-corrected chi connectivity index (χ3v) is 2.18. The monoisotopic (exact) mass is 153 g/mol. The van der Waals surface area contributed by atoms with Gasteiger partial charge in [-0.3, -0.25) is 0 Å². The van der Waals surface area contributed by atoms with Gasteiger partial charge in [-0.1, -0.05) is 19.9 Å². The summed E-state index contributed by atoms with van der Waals surface area (Å²) in [6, 6.07) is 0. The lowest BCUT2D eigenvalue weighted by Gasteiger charge is -2.18. The maximum absolute atomic E-state index is 2.49. The van der Waals surface area contributed by atoms with E-state index in [1.807, 2.05) is 0 Å². The average molecular weight is 153 g/mol. The molecule has 1 saturated heterocycles. The van der Waals surface area contributed by atoms with Gasteiger partial charge in [0.2, 0.25) is 0 Å². The van der Waals surface area contributed by atoms with Crippen molar-refractivity contribution in [2.45, 2.75) is 33.6 Å². The highest BCUT2D eigenvalue weighted by molar-refractivity contribution is 5.00. The zero-order chi connectivity index (χ0) is 8.27. The van der Waals surface area contributed by atoms with Crippen molar-refractivity contribution in [3.05, 3.63) is 11.8 Å². The Labute approximate surface area is 70.1 Å². The van der Waals surface area contributed by atoms with E-state index in [0.29, 0.717) is 5.92 Å². The van der Waals surface area contributed by atoms with Crippen LogP contribution in [0.1, 0.15) is 33.6 Å². The van der Waals surface area contributed by atoms with E-state index >= 15 is 0 Å². The number of nitrogens with zero attached hydrogens (tertiary/aromatic N) is 1. The molecule has 1 heterocycles. The lowest BCUT2D eigenvalue weighted by Crippen LogP contribution is -2.16. The fourth-order valence-electron chi connectivity index (χ4n) is 1.66. The van der Waals surface area contributed by atoms with Gasteiger partial charge in [-0.2, -0.15) is 0 Å². The van der Waals surface area contributed by atoms with E-state index in [1.165, 1.54) is 31.6 Å². The van der Waals surface area contributed by atoms with Crippen LogP contribution in [0, 0.1) is 5.92 Å². The van der Waals surface area contributed by atoms with Crippen LogP contribution in [0.5, 0.6) is 0 Å². The minimum absolute atomic E-state index is 0.690. The molecule has 0 aromatic carbocycles. The summed E-state index contributed by atoms with van der Waals surface area (Å²) < 4.78 is 0. The predicted molar refractivity (Wildman–Crippen MR) is 49.4 cm³/mol. The number of hydrogen-bond acceptors (Lipinski definition) is 1. The molecule has 11 heavy (non-hydrogen) atoms. The highest BCUT2D eigenvalue weighted by atomic mass is 15.1. The van der Waals surface area contributed by atoms with Crippen LogP contribution in [-0.4, -0.2) is 18.0 Å². The Morgan fingerprint density at radius 2 is 1.82 bits per heavy atom. The van der Waals surface area contributed by atoms with Gasteiger partial charge >= 0.3 is 0 Å². The predicted octanol–water partition coefficient (Wildman–Crippen LogP) is 2.64. The molecule has 1 fully saturated rings. The summed E-state index contributed by atoms with van der Waals surface area (Å²) in [5.41, 5.74) is 1.47. The molecule has 0 unspecified atom stereocenters. The Bertz CT molecular complexity index is 141. The Hall–Kier alpha value is -0.460. The van der Waals surface area contributed by atoms with E-state index in [-0.39, 0.29) is 0 Å². The third-order valence-electron chi connectivity index (χ3n) is 2.18.